The summed E-state index contributed by atoms with van der Waals surface area (Å²) in [7, 11) is 0. The minimum atomic E-state index is -5.08. The van der Waals surface area contributed by atoms with E-state index in [0.717, 1.165) is 16.7 Å². The van der Waals surface area contributed by atoms with E-state index >= 15 is 0 Å². The van der Waals surface area contributed by atoms with Crippen LogP contribution in [0.4, 0.5) is 17.6 Å². The third-order valence-electron chi connectivity index (χ3n) is 5.43. The quantitative estimate of drug-likeness (QED) is 0.564. The maximum atomic E-state index is 13.3. The molecule has 184 valence electrons. The number of halogens is 4. The molecule has 0 radical (unpaired) electrons. The first-order valence-electron chi connectivity index (χ1n) is 10.3. The molecule has 5 N–H and O–H groups in total. The summed E-state index contributed by atoms with van der Waals surface area (Å²) in [5.41, 5.74) is 14.7. The summed E-state index contributed by atoms with van der Waals surface area (Å²) >= 11 is 0. The van der Waals surface area contributed by atoms with Gasteiger partial charge in [-0.2, -0.15) is 13.2 Å². The molecular formula is C23H25F4N3O4. The van der Waals surface area contributed by atoms with E-state index in [0.29, 0.717) is 18.5 Å². The summed E-state index contributed by atoms with van der Waals surface area (Å²) in [6.45, 7) is 2.46. The zero-order chi connectivity index (χ0) is 25.6. The molecule has 7 nitrogen and oxygen atoms in total. The number of carbonyl (C=O) groups excluding carboxylic acids is 2. The van der Waals surface area contributed by atoms with Gasteiger partial charge in [-0.3, -0.25) is 9.59 Å². The number of nitrogens with zero attached hydrogens (tertiary/aromatic N) is 1. The predicted molar refractivity (Wildman–Crippen MR) is 117 cm³/mol. The topological polar surface area (TPSA) is 127 Å². The summed E-state index contributed by atoms with van der Waals surface area (Å²) < 4.78 is 45.1. The lowest BCUT2D eigenvalue weighted by Gasteiger charge is -2.25. The number of benzene rings is 2. The number of carboxylic acid groups (broad SMARTS) is 1. The second-order valence-corrected chi connectivity index (χ2v) is 7.85. The number of aliphatic carboxylic acids is 1. The number of likely N-dealkylation sites (tertiary alicyclic amines) is 1. The van der Waals surface area contributed by atoms with Crippen LogP contribution in [-0.2, 0) is 9.59 Å². The summed E-state index contributed by atoms with van der Waals surface area (Å²) in [6.07, 6.45) is -5.65. The van der Waals surface area contributed by atoms with Crippen LogP contribution in [0.2, 0.25) is 0 Å². The van der Waals surface area contributed by atoms with Crippen LogP contribution in [0.1, 0.15) is 35.2 Å². The van der Waals surface area contributed by atoms with Crippen molar-refractivity contribution in [3.63, 3.8) is 0 Å². The number of hydrogen-bond donors (Lipinski definition) is 3. The van der Waals surface area contributed by atoms with Gasteiger partial charge in [0.15, 0.2) is 0 Å². The van der Waals surface area contributed by atoms with Gasteiger partial charge in [0.1, 0.15) is 6.17 Å². The fourth-order valence-corrected chi connectivity index (χ4v) is 3.38. The Kier molecular flexibility index (Phi) is 8.74. The Morgan fingerprint density at radius 1 is 1.09 bits per heavy atom. The molecule has 2 amide bonds. The Labute approximate surface area is 193 Å². The van der Waals surface area contributed by atoms with Gasteiger partial charge in [-0.15, -0.1) is 0 Å². The van der Waals surface area contributed by atoms with Crippen LogP contribution in [-0.4, -0.2) is 59.3 Å². The molecule has 0 bridgehead atoms. The SMILES string of the molecule is C[C@@H](c1ccc(-c2cccc(C(N)=O)c2)cc1)[C@H](N)C(=O)N1CC[C@H](F)C1.O=C(O)C(F)(F)F. The molecule has 0 saturated carbocycles. The second kappa shape index (κ2) is 11.1. The predicted octanol–water partition coefficient (Wildman–Crippen LogP) is 3.09. The van der Waals surface area contributed by atoms with Gasteiger partial charge in [0.25, 0.3) is 0 Å². The van der Waals surface area contributed by atoms with Crippen molar-refractivity contribution in [1.82, 2.24) is 4.90 Å². The van der Waals surface area contributed by atoms with E-state index in [2.05, 4.69) is 0 Å². The van der Waals surface area contributed by atoms with Crippen molar-refractivity contribution < 1.29 is 37.1 Å². The molecule has 3 rings (SSSR count). The molecule has 1 aliphatic rings. The number of carbonyl (C=O) groups is 3. The van der Waals surface area contributed by atoms with Crippen LogP contribution in [0, 0.1) is 0 Å². The van der Waals surface area contributed by atoms with Gasteiger partial charge in [-0.25, -0.2) is 9.18 Å². The molecule has 1 saturated heterocycles. The van der Waals surface area contributed by atoms with Crippen molar-refractivity contribution in [3.05, 3.63) is 59.7 Å². The molecule has 0 aromatic heterocycles. The average Bonchev–Trinajstić information content (AvgIpc) is 3.23. The second-order valence-electron chi connectivity index (χ2n) is 7.85. The van der Waals surface area contributed by atoms with Crippen molar-refractivity contribution in [2.75, 3.05) is 13.1 Å². The molecule has 0 aliphatic carbocycles. The number of hydrogen-bond acceptors (Lipinski definition) is 4. The van der Waals surface area contributed by atoms with E-state index in [9.17, 15) is 27.2 Å². The molecule has 2 aromatic rings. The first-order chi connectivity index (χ1) is 15.8. The fourth-order valence-electron chi connectivity index (χ4n) is 3.38. The molecule has 11 heteroatoms. The first kappa shape index (κ1) is 26.8. The average molecular weight is 483 g/mol. The van der Waals surface area contributed by atoms with Gasteiger partial charge in [-0.1, -0.05) is 43.3 Å². The minimum Gasteiger partial charge on any atom is -0.475 e. The standard InChI is InChI=1S/C21H24FN3O2.C2HF3O2/c1-13(19(23)21(27)25-10-9-18(22)12-25)14-5-7-15(8-6-14)16-3-2-4-17(11-16)20(24)26;3-2(4,5)1(6)7/h2-8,11,13,18-19H,9-10,12,23H2,1H3,(H2,24,26);(H,6,7)/t13-,18-,19-;/m0./s1. The minimum absolute atomic E-state index is 0.133. The molecular weight excluding hydrogens is 458 g/mol. The van der Waals surface area contributed by atoms with Gasteiger partial charge in [0.2, 0.25) is 11.8 Å². The number of alkyl halides is 4. The van der Waals surface area contributed by atoms with Gasteiger partial charge in [0, 0.05) is 18.0 Å². The molecule has 0 spiro atoms. The summed E-state index contributed by atoms with van der Waals surface area (Å²) in [4.78, 5) is 34.2. The Balaban J connectivity index is 0.000000509. The highest BCUT2D eigenvalue weighted by Crippen LogP contribution is 2.26. The van der Waals surface area contributed by atoms with Crippen LogP contribution in [0.15, 0.2) is 48.5 Å². The Morgan fingerprint density at radius 2 is 1.68 bits per heavy atom. The zero-order valence-electron chi connectivity index (χ0n) is 18.3. The molecule has 34 heavy (non-hydrogen) atoms. The van der Waals surface area contributed by atoms with Crippen molar-refractivity contribution in [1.29, 1.82) is 0 Å². The highest BCUT2D eigenvalue weighted by molar-refractivity contribution is 5.94. The van der Waals surface area contributed by atoms with Crippen molar-refractivity contribution in [2.24, 2.45) is 11.5 Å². The molecule has 2 aromatic carbocycles. The maximum absolute atomic E-state index is 13.3. The van der Waals surface area contributed by atoms with Gasteiger partial charge in [-0.05, 0) is 35.2 Å². The van der Waals surface area contributed by atoms with Crippen LogP contribution >= 0.6 is 0 Å². The van der Waals surface area contributed by atoms with E-state index < -0.39 is 30.3 Å². The lowest BCUT2D eigenvalue weighted by molar-refractivity contribution is -0.192. The lowest BCUT2D eigenvalue weighted by Crippen LogP contribution is -2.45. The van der Waals surface area contributed by atoms with E-state index in [1.165, 1.54) is 4.90 Å². The molecule has 0 unspecified atom stereocenters. The lowest BCUT2D eigenvalue weighted by atomic mass is 9.91. The third kappa shape index (κ3) is 7.01. The summed E-state index contributed by atoms with van der Waals surface area (Å²) in [6, 6.07) is 14.1. The monoisotopic (exact) mass is 483 g/mol. The zero-order valence-corrected chi connectivity index (χ0v) is 18.3. The normalized spacial score (nSPS) is 17.4. The smallest absolute Gasteiger partial charge is 0.475 e. The molecule has 1 fully saturated rings. The van der Waals surface area contributed by atoms with Crippen LogP contribution in [0.5, 0.6) is 0 Å². The van der Waals surface area contributed by atoms with Crippen molar-refractivity contribution in [2.45, 2.75) is 37.7 Å². The Bertz CT molecular complexity index is 1030. The van der Waals surface area contributed by atoms with Gasteiger partial charge < -0.3 is 21.5 Å². The first-order valence-corrected chi connectivity index (χ1v) is 10.3. The Hall–Kier alpha value is -3.47. The van der Waals surface area contributed by atoms with E-state index in [1.54, 1.807) is 18.2 Å². The number of primary amides is 1. The van der Waals surface area contributed by atoms with Crippen LogP contribution < -0.4 is 11.5 Å². The highest BCUT2D eigenvalue weighted by Gasteiger charge is 2.38. The number of nitrogens with two attached hydrogens (primary N) is 2. The Morgan fingerprint density at radius 3 is 2.15 bits per heavy atom. The van der Waals surface area contributed by atoms with E-state index in [1.807, 2.05) is 37.3 Å². The van der Waals surface area contributed by atoms with Gasteiger partial charge >= 0.3 is 12.1 Å². The highest BCUT2D eigenvalue weighted by atomic mass is 19.4. The number of carboxylic acids is 1. The number of rotatable bonds is 5. The van der Waals surface area contributed by atoms with Crippen molar-refractivity contribution >= 4 is 17.8 Å². The van der Waals surface area contributed by atoms with E-state index in [4.69, 9.17) is 21.4 Å². The molecule has 3 atom stereocenters. The fraction of sp³-hybridized carbons (Fsp3) is 0.348. The third-order valence-corrected chi connectivity index (χ3v) is 5.43. The summed E-state index contributed by atoms with van der Waals surface area (Å²) in [5.74, 6) is -3.63. The van der Waals surface area contributed by atoms with Gasteiger partial charge in [0.05, 0.1) is 12.6 Å². The molecule has 1 aliphatic heterocycles. The van der Waals surface area contributed by atoms with Crippen LogP contribution in [0.25, 0.3) is 11.1 Å². The van der Waals surface area contributed by atoms with Crippen molar-refractivity contribution in [3.8, 4) is 11.1 Å². The van der Waals surface area contributed by atoms with Crippen LogP contribution in [0.3, 0.4) is 0 Å². The summed E-state index contributed by atoms with van der Waals surface area (Å²) in [5, 5.41) is 7.12. The maximum Gasteiger partial charge on any atom is 0.490 e. The largest absolute Gasteiger partial charge is 0.490 e. The molecule has 1 heterocycles. The van der Waals surface area contributed by atoms with E-state index in [-0.39, 0.29) is 18.4 Å². The number of amides is 2.